The van der Waals surface area contributed by atoms with E-state index in [1.54, 1.807) is 18.0 Å². The van der Waals surface area contributed by atoms with Crippen molar-refractivity contribution in [2.24, 2.45) is 13.0 Å². The molecule has 132 valence electrons. The number of aromatic nitrogens is 2. The molecule has 2 amide bonds. The summed E-state index contributed by atoms with van der Waals surface area (Å²) in [5.74, 6) is 1.07. The van der Waals surface area contributed by atoms with Gasteiger partial charge in [-0.25, -0.2) is 4.98 Å². The van der Waals surface area contributed by atoms with Crippen molar-refractivity contribution < 1.29 is 9.59 Å². The molecule has 2 aliphatic rings. The first-order valence-electron chi connectivity index (χ1n) is 8.82. The fourth-order valence-corrected chi connectivity index (χ4v) is 4.39. The van der Waals surface area contributed by atoms with Crippen LogP contribution in [-0.4, -0.2) is 51.1 Å². The van der Waals surface area contributed by atoms with Crippen molar-refractivity contribution in [3.63, 3.8) is 0 Å². The van der Waals surface area contributed by atoms with Gasteiger partial charge >= 0.3 is 0 Å². The first-order chi connectivity index (χ1) is 11.6. The fourth-order valence-electron chi connectivity index (χ4n) is 3.61. The molecular formula is C17H26N4O2S. The zero-order valence-electron chi connectivity index (χ0n) is 14.2. The Morgan fingerprint density at radius 1 is 1.38 bits per heavy atom. The van der Waals surface area contributed by atoms with Crippen molar-refractivity contribution in [3.05, 3.63) is 12.4 Å². The summed E-state index contributed by atoms with van der Waals surface area (Å²) in [6.07, 6.45) is 9.48. The van der Waals surface area contributed by atoms with Gasteiger partial charge in [-0.3, -0.25) is 9.59 Å². The van der Waals surface area contributed by atoms with Crippen LogP contribution in [0.4, 0.5) is 0 Å². The predicted molar refractivity (Wildman–Crippen MR) is 93.6 cm³/mol. The number of carbonyl (C=O) groups is 2. The van der Waals surface area contributed by atoms with Crippen LogP contribution in [0.1, 0.15) is 38.5 Å². The Bertz CT molecular complexity index is 583. The number of amides is 2. The molecule has 2 heterocycles. The van der Waals surface area contributed by atoms with Gasteiger partial charge in [0, 0.05) is 50.7 Å². The largest absolute Gasteiger partial charge is 0.355 e. The molecule has 1 aliphatic carbocycles. The Morgan fingerprint density at radius 2 is 2.17 bits per heavy atom. The van der Waals surface area contributed by atoms with Crippen LogP contribution in [0.25, 0.3) is 0 Å². The van der Waals surface area contributed by atoms with Gasteiger partial charge in [0.05, 0.1) is 5.92 Å². The number of aryl methyl sites for hydroxylation is 1. The SMILES string of the molecule is Cn1ccnc1SCCNC(=O)[C@H]1CCC(=O)N(C2CCCC2)C1. The molecule has 7 heteroatoms. The lowest BCUT2D eigenvalue weighted by Crippen LogP contribution is -2.49. The second kappa shape index (κ2) is 8.05. The van der Waals surface area contributed by atoms with E-state index in [1.807, 2.05) is 22.7 Å². The Kier molecular flexibility index (Phi) is 5.81. The van der Waals surface area contributed by atoms with Crippen LogP contribution in [-0.2, 0) is 16.6 Å². The Labute approximate surface area is 147 Å². The number of piperidine rings is 1. The molecule has 3 rings (SSSR count). The lowest BCUT2D eigenvalue weighted by Gasteiger charge is -2.36. The van der Waals surface area contributed by atoms with Crippen LogP contribution in [0.5, 0.6) is 0 Å². The van der Waals surface area contributed by atoms with Gasteiger partial charge in [-0.05, 0) is 19.3 Å². The molecule has 1 aromatic rings. The Morgan fingerprint density at radius 3 is 2.88 bits per heavy atom. The van der Waals surface area contributed by atoms with Gasteiger partial charge in [-0.1, -0.05) is 24.6 Å². The van der Waals surface area contributed by atoms with Crippen LogP contribution >= 0.6 is 11.8 Å². The van der Waals surface area contributed by atoms with E-state index in [9.17, 15) is 9.59 Å². The van der Waals surface area contributed by atoms with E-state index in [4.69, 9.17) is 0 Å². The first kappa shape index (κ1) is 17.3. The number of nitrogens with zero attached hydrogens (tertiary/aromatic N) is 3. The zero-order valence-corrected chi connectivity index (χ0v) is 15.1. The number of thioether (sulfide) groups is 1. The van der Waals surface area contributed by atoms with Crippen LogP contribution < -0.4 is 5.32 Å². The second-order valence-corrected chi connectivity index (χ2v) is 7.74. The van der Waals surface area contributed by atoms with Gasteiger partial charge in [0.15, 0.2) is 5.16 Å². The molecular weight excluding hydrogens is 324 g/mol. The van der Waals surface area contributed by atoms with Crippen LogP contribution in [0.15, 0.2) is 17.6 Å². The highest BCUT2D eigenvalue weighted by Gasteiger charge is 2.34. The topological polar surface area (TPSA) is 67.2 Å². The Balaban J connectivity index is 1.42. The minimum Gasteiger partial charge on any atom is -0.355 e. The highest BCUT2D eigenvalue weighted by Crippen LogP contribution is 2.28. The van der Waals surface area contributed by atoms with Crippen LogP contribution in [0.2, 0.25) is 0 Å². The number of likely N-dealkylation sites (tertiary alicyclic amines) is 1. The summed E-state index contributed by atoms with van der Waals surface area (Å²) in [6.45, 7) is 1.23. The molecule has 1 atom stereocenters. The second-order valence-electron chi connectivity index (χ2n) is 6.68. The highest BCUT2D eigenvalue weighted by molar-refractivity contribution is 7.99. The summed E-state index contributed by atoms with van der Waals surface area (Å²) in [4.78, 5) is 30.8. The molecule has 1 N–H and O–H groups in total. The molecule has 0 radical (unpaired) electrons. The maximum Gasteiger partial charge on any atom is 0.224 e. The van der Waals surface area contributed by atoms with Gasteiger partial charge in [-0.15, -0.1) is 0 Å². The highest BCUT2D eigenvalue weighted by atomic mass is 32.2. The van der Waals surface area contributed by atoms with Crippen LogP contribution in [0.3, 0.4) is 0 Å². The number of carbonyl (C=O) groups excluding carboxylic acids is 2. The molecule has 0 spiro atoms. The van der Waals surface area contributed by atoms with Crippen molar-refractivity contribution >= 4 is 23.6 Å². The molecule has 0 bridgehead atoms. The zero-order chi connectivity index (χ0) is 16.9. The van der Waals surface area contributed by atoms with Crippen molar-refractivity contribution in [2.45, 2.75) is 49.7 Å². The van der Waals surface area contributed by atoms with Gasteiger partial charge in [0.25, 0.3) is 0 Å². The third kappa shape index (κ3) is 4.12. The minimum absolute atomic E-state index is 0.0542. The van der Waals surface area contributed by atoms with Crippen molar-refractivity contribution in [1.82, 2.24) is 19.8 Å². The monoisotopic (exact) mass is 350 g/mol. The average molecular weight is 350 g/mol. The summed E-state index contributed by atoms with van der Waals surface area (Å²) in [5, 5.41) is 3.98. The molecule has 0 aromatic carbocycles. The lowest BCUT2D eigenvalue weighted by atomic mass is 9.95. The first-order valence-corrected chi connectivity index (χ1v) is 9.81. The normalized spacial score (nSPS) is 22.1. The average Bonchev–Trinajstić information content (AvgIpc) is 3.24. The summed E-state index contributed by atoms with van der Waals surface area (Å²) in [6, 6.07) is 0.368. The van der Waals surface area contributed by atoms with Crippen molar-refractivity contribution in [1.29, 1.82) is 0 Å². The van der Waals surface area contributed by atoms with Gasteiger partial charge in [0.2, 0.25) is 11.8 Å². The quantitative estimate of drug-likeness (QED) is 0.628. The lowest BCUT2D eigenvalue weighted by molar-refractivity contribution is -0.140. The van der Waals surface area contributed by atoms with Crippen LogP contribution in [0, 0.1) is 5.92 Å². The molecule has 2 fully saturated rings. The van der Waals surface area contributed by atoms with E-state index in [2.05, 4.69) is 10.3 Å². The fraction of sp³-hybridized carbons (Fsp3) is 0.706. The van der Waals surface area contributed by atoms with Crippen molar-refractivity contribution in [2.75, 3.05) is 18.8 Å². The number of nitrogens with one attached hydrogen (secondary N) is 1. The van der Waals surface area contributed by atoms with Gasteiger partial charge < -0.3 is 14.8 Å². The molecule has 1 saturated carbocycles. The van der Waals surface area contributed by atoms with Gasteiger partial charge in [-0.2, -0.15) is 0 Å². The molecule has 6 nitrogen and oxygen atoms in total. The van der Waals surface area contributed by atoms with Gasteiger partial charge in [0.1, 0.15) is 0 Å². The summed E-state index contributed by atoms with van der Waals surface area (Å²) < 4.78 is 1.97. The van der Waals surface area contributed by atoms with E-state index in [-0.39, 0.29) is 17.7 Å². The summed E-state index contributed by atoms with van der Waals surface area (Å²) in [7, 11) is 1.96. The third-order valence-electron chi connectivity index (χ3n) is 4.99. The number of rotatable bonds is 6. The van der Waals surface area contributed by atoms with E-state index in [1.165, 1.54) is 12.8 Å². The van der Waals surface area contributed by atoms with E-state index < -0.39 is 0 Å². The van der Waals surface area contributed by atoms with E-state index in [0.717, 1.165) is 23.8 Å². The van der Waals surface area contributed by atoms with Crippen molar-refractivity contribution in [3.8, 4) is 0 Å². The summed E-state index contributed by atoms with van der Waals surface area (Å²) >= 11 is 1.64. The number of imidazole rings is 1. The molecule has 1 aliphatic heterocycles. The van der Waals surface area contributed by atoms with E-state index in [0.29, 0.717) is 32.0 Å². The maximum absolute atomic E-state index is 12.4. The standard InChI is InChI=1S/C17H26N4O2S/c1-20-10-8-19-17(20)24-11-9-18-16(23)13-6-7-15(22)21(12-13)14-4-2-3-5-14/h8,10,13-14H,2-7,9,11-12H2,1H3,(H,18,23)/t13-/m0/s1. The van der Waals surface area contributed by atoms with E-state index >= 15 is 0 Å². The maximum atomic E-state index is 12.4. The smallest absolute Gasteiger partial charge is 0.224 e. The number of hydrogen-bond donors (Lipinski definition) is 1. The molecule has 24 heavy (non-hydrogen) atoms. The minimum atomic E-state index is -0.0542. The molecule has 1 aromatic heterocycles. The Hall–Kier alpha value is -1.50. The molecule has 1 saturated heterocycles. The summed E-state index contributed by atoms with van der Waals surface area (Å²) in [5.41, 5.74) is 0. The molecule has 0 unspecified atom stereocenters. The third-order valence-corrected chi connectivity index (χ3v) is 6.05. The predicted octanol–water partition coefficient (Wildman–Crippen LogP) is 1.81. The number of hydrogen-bond acceptors (Lipinski definition) is 4.